The van der Waals surface area contributed by atoms with Crippen LogP contribution in [0.25, 0.3) is 5.65 Å². The topological polar surface area (TPSA) is 30.2 Å². The normalized spacial score (nSPS) is 8.36. The highest BCUT2D eigenvalue weighted by molar-refractivity contribution is 5.44. The predicted molar refractivity (Wildman–Crippen MR) is 42.2 cm³/mol. The summed E-state index contributed by atoms with van der Waals surface area (Å²) in [6.07, 6.45) is 5.46. The summed E-state index contributed by atoms with van der Waals surface area (Å²) in [4.78, 5) is 4.14. The first-order chi connectivity index (χ1) is 6.88. The molecular formula is C7H7F4N3. The van der Waals surface area contributed by atoms with E-state index in [-0.39, 0.29) is 0 Å². The molecule has 2 aromatic rings. The number of hydrogen-bond donors (Lipinski definition) is 0. The van der Waals surface area contributed by atoms with Gasteiger partial charge in [0.05, 0.1) is 6.20 Å². The molecule has 0 unspecified atom stereocenters. The Morgan fingerprint density at radius 2 is 1.86 bits per heavy atom. The van der Waals surface area contributed by atoms with Crippen molar-refractivity contribution in [3.8, 4) is 0 Å². The first-order valence-electron chi connectivity index (χ1n) is 3.41. The summed E-state index contributed by atoms with van der Waals surface area (Å²) in [6, 6.07) is 1.86. The van der Waals surface area contributed by atoms with Crippen LogP contribution in [0.4, 0.5) is 18.3 Å². The van der Waals surface area contributed by atoms with Gasteiger partial charge in [0.1, 0.15) is 0 Å². The van der Waals surface area contributed by atoms with Gasteiger partial charge in [-0.1, -0.05) is 0 Å². The van der Waals surface area contributed by atoms with Crippen molar-refractivity contribution in [3.63, 3.8) is 0 Å². The fourth-order valence-corrected chi connectivity index (χ4v) is 0.946. The third-order valence-electron chi connectivity index (χ3n) is 1.46. The van der Waals surface area contributed by atoms with Crippen LogP contribution >= 0.6 is 0 Å². The van der Waals surface area contributed by atoms with E-state index in [4.69, 9.17) is 18.3 Å². The first-order valence-corrected chi connectivity index (χ1v) is 3.41. The fraction of sp³-hybridized carbons (Fsp3) is 0.143. The fourth-order valence-electron chi connectivity index (χ4n) is 0.946. The van der Waals surface area contributed by atoms with Crippen molar-refractivity contribution in [2.75, 3.05) is 0 Å². The number of fused-ring (bicyclic) bond motifs is 1. The zero-order valence-corrected chi connectivity index (χ0v) is 7.16. The molecule has 7 heteroatoms. The van der Waals surface area contributed by atoms with Gasteiger partial charge in [-0.2, -0.15) is 5.10 Å². The van der Waals surface area contributed by atoms with Crippen LogP contribution in [0.15, 0.2) is 24.7 Å². The Morgan fingerprint density at radius 3 is 2.43 bits per heavy atom. The lowest BCUT2D eigenvalue weighted by Crippen LogP contribution is -1.86. The molecule has 0 atom stereocenters. The van der Waals surface area contributed by atoms with Crippen molar-refractivity contribution in [3.05, 3.63) is 30.2 Å². The zero-order valence-electron chi connectivity index (χ0n) is 7.16. The molecule has 0 aromatic carbocycles. The molecule has 2 rings (SSSR count). The van der Waals surface area contributed by atoms with Gasteiger partial charge in [-0.15, -0.1) is 0 Å². The van der Waals surface area contributed by atoms with E-state index in [1.165, 1.54) is 0 Å². The SMILES string of the molecule is Cc1cnn2cccnc12.FF.FF. The van der Waals surface area contributed by atoms with Gasteiger partial charge in [-0.05, 0) is 13.0 Å². The average molecular weight is 209 g/mol. The van der Waals surface area contributed by atoms with Gasteiger partial charge in [-0.25, -0.2) is 9.50 Å². The molecule has 0 amide bonds. The number of aryl methyl sites for hydroxylation is 1. The summed E-state index contributed by atoms with van der Waals surface area (Å²) in [5.74, 6) is 0. The molecule has 3 nitrogen and oxygen atoms in total. The van der Waals surface area contributed by atoms with Gasteiger partial charge >= 0.3 is 0 Å². The quantitative estimate of drug-likeness (QED) is 0.624. The highest BCUT2D eigenvalue weighted by atomic mass is 20.0. The third kappa shape index (κ3) is 2.68. The lowest BCUT2D eigenvalue weighted by atomic mass is 10.4. The maximum atomic E-state index is 8.00. The number of nitrogens with zero attached hydrogens (tertiary/aromatic N) is 3. The first kappa shape index (κ1) is 12.3. The van der Waals surface area contributed by atoms with Crippen LogP contribution < -0.4 is 0 Å². The standard InChI is InChI=1S/C7H7N3.2F2/c1-6-5-9-10-4-2-3-8-7(6)10;2*1-2/h2-5H,1H3;;. The van der Waals surface area contributed by atoms with Crippen molar-refractivity contribution in [1.82, 2.24) is 14.6 Å². The maximum Gasteiger partial charge on any atom is 0.157 e. The molecule has 2 aromatic heterocycles. The van der Waals surface area contributed by atoms with Crippen molar-refractivity contribution >= 4 is 5.65 Å². The third-order valence-corrected chi connectivity index (χ3v) is 1.46. The summed E-state index contributed by atoms with van der Waals surface area (Å²) in [5, 5.41) is 4.07. The Balaban J connectivity index is 0.000000379. The molecule has 0 saturated heterocycles. The monoisotopic (exact) mass is 209 g/mol. The van der Waals surface area contributed by atoms with Crippen LogP contribution in [0.5, 0.6) is 0 Å². The van der Waals surface area contributed by atoms with Crippen LogP contribution in [-0.4, -0.2) is 14.6 Å². The number of halogens is 4. The van der Waals surface area contributed by atoms with Crippen LogP contribution in [-0.2, 0) is 0 Å². The van der Waals surface area contributed by atoms with Gasteiger partial charge in [0, 0.05) is 36.3 Å². The second kappa shape index (κ2) is 6.81. The highest BCUT2D eigenvalue weighted by Crippen LogP contribution is 2.02. The molecule has 0 aliphatic rings. The summed E-state index contributed by atoms with van der Waals surface area (Å²) in [5.41, 5.74) is 2.04. The molecule has 78 valence electrons. The van der Waals surface area contributed by atoms with Crippen LogP contribution in [0.2, 0.25) is 0 Å². The van der Waals surface area contributed by atoms with E-state index in [9.17, 15) is 0 Å². The van der Waals surface area contributed by atoms with Gasteiger partial charge in [-0.3, -0.25) is 0 Å². The van der Waals surface area contributed by atoms with Crippen molar-refractivity contribution in [1.29, 1.82) is 0 Å². The Kier molecular flexibility index (Phi) is 6.01. The van der Waals surface area contributed by atoms with E-state index in [2.05, 4.69) is 10.1 Å². The molecule has 0 saturated carbocycles. The Labute approximate surface area is 76.7 Å². The van der Waals surface area contributed by atoms with Crippen LogP contribution in [0.3, 0.4) is 0 Å². The van der Waals surface area contributed by atoms with E-state index in [0.717, 1.165) is 11.2 Å². The smallest absolute Gasteiger partial charge is 0.157 e. The maximum absolute atomic E-state index is 8.00. The number of hydrogen-bond acceptors (Lipinski definition) is 2. The van der Waals surface area contributed by atoms with Crippen LogP contribution in [0.1, 0.15) is 5.56 Å². The van der Waals surface area contributed by atoms with Gasteiger partial charge in [0.15, 0.2) is 5.65 Å². The molecule has 0 bridgehead atoms. The minimum absolute atomic E-state index is 0.933. The van der Waals surface area contributed by atoms with Crippen molar-refractivity contribution in [2.45, 2.75) is 6.92 Å². The molecule has 0 spiro atoms. The van der Waals surface area contributed by atoms with Crippen molar-refractivity contribution in [2.24, 2.45) is 0 Å². The lowest BCUT2D eigenvalue weighted by molar-refractivity contribution is 0.108. The Bertz CT molecular complexity index is 362. The molecule has 0 N–H and O–H groups in total. The molecule has 0 aliphatic heterocycles. The summed E-state index contributed by atoms with van der Waals surface area (Å²) in [7, 11) is 0. The largest absolute Gasteiger partial charge is 0.237 e. The second-order valence-corrected chi connectivity index (χ2v) is 2.22. The molecule has 2 heterocycles. The minimum Gasteiger partial charge on any atom is -0.237 e. The van der Waals surface area contributed by atoms with E-state index in [1.807, 2.05) is 25.4 Å². The molecule has 0 aliphatic carbocycles. The van der Waals surface area contributed by atoms with Gasteiger partial charge < -0.3 is 0 Å². The van der Waals surface area contributed by atoms with E-state index >= 15 is 0 Å². The predicted octanol–water partition coefficient (Wildman–Crippen LogP) is 2.72. The number of rotatable bonds is 0. The average Bonchev–Trinajstić information content (AvgIpc) is 2.67. The molecular weight excluding hydrogens is 202 g/mol. The Hall–Kier alpha value is -1.66. The summed E-state index contributed by atoms with van der Waals surface area (Å²) >= 11 is 0. The second-order valence-electron chi connectivity index (χ2n) is 2.22. The number of aromatic nitrogens is 3. The van der Waals surface area contributed by atoms with Crippen LogP contribution in [0, 0.1) is 6.92 Å². The van der Waals surface area contributed by atoms with E-state index in [1.54, 1.807) is 10.7 Å². The van der Waals surface area contributed by atoms with Gasteiger partial charge in [0.2, 0.25) is 0 Å². The highest BCUT2D eigenvalue weighted by Gasteiger charge is 1.95. The summed E-state index contributed by atoms with van der Waals surface area (Å²) in [6.45, 7) is 2.00. The minimum atomic E-state index is 0.933. The zero-order chi connectivity index (χ0) is 11.0. The summed E-state index contributed by atoms with van der Waals surface area (Å²) < 4.78 is 33.8. The molecule has 0 fully saturated rings. The lowest BCUT2D eigenvalue weighted by Gasteiger charge is -1.88. The van der Waals surface area contributed by atoms with E-state index < -0.39 is 0 Å². The van der Waals surface area contributed by atoms with E-state index in [0.29, 0.717) is 0 Å². The Morgan fingerprint density at radius 1 is 1.21 bits per heavy atom. The molecule has 0 radical (unpaired) electrons. The van der Waals surface area contributed by atoms with Gasteiger partial charge in [0.25, 0.3) is 0 Å². The molecule has 14 heavy (non-hydrogen) atoms. The van der Waals surface area contributed by atoms with Crippen molar-refractivity contribution < 1.29 is 18.3 Å².